The molecule has 2 saturated carbocycles. The van der Waals surface area contributed by atoms with Crippen LogP contribution in [0.2, 0.25) is 0 Å². The molecule has 2 N–H and O–H groups in total. The Morgan fingerprint density at radius 2 is 2.00 bits per heavy atom. The predicted molar refractivity (Wildman–Crippen MR) is 68.4 cm³/mol. The maximum absolute atomic E-state index is 4.46. The standard InChI is InChI=1S/C12H16BrN3/c13-9-5-8(6-14-10-1-2-10)12(15-7-9)16-11-3-4-11/h5,7,10-11,14H,1-4,6H2,(H,15,16). The Balaban J connectivity index is 1.71. The molecule has 2 fully saturated rings. The number of nitrogens with one attached hydrogen (secondary N) is 2. The summed E-state index contributed by atoms with van der Waals surface area (Å²) in [6, 6.07) is 3.56. The van der Waals surface area contributed by atoms with E-state index in [1.54, 1.807) is 0 Å². The lowest BCUT2D eigenvalue weighted by Crippen LogP contribution is -2.17. The van der Waals surface area contributed by atoms with Crippen LogP contribution in [0.5, 0.6) is 0 Å². The smallest absolute Gasteiger partial charge is 0.130 e. The Bertz CT molecular complexity index is 386. The molecule has 3 rings (SSSR count). The molecule has 0 aromatic carbocycles. The first-order valence-electron chi connectivity index (χ1n) is 5.95. The number of pyridine rings is 1. The van der Waals surface area contributed by atoms with Gasteiger partial charge in [-0.2, -0.15) is 0 Å². The molecule has 0 atom stereocenters. The zero-order chi connectivity index (χ0) is 11.0. The van der Waals surface area contributed by atoms with Crippen molar-refractivity contribution in [3.8, 4) is 0 Å². The molecule has 0 bridgehead atoms. The highest BCUT2D eigenvalue weighted by atomic mass is 79.9. The summed E-state index contributed by atoms with van der Waals surface area (Å²) >= 11 is 3.48. The summed E-state index contributed by atoms with van der Waals surface area (Å²) in [4.78, 5) is 4.46. The van der Waals surface area contributed by atoms with Gasteiger partial charge in [0.1, 0.15) is 5.82 Å². The molecule has 0 aliphatic heterocycles. The van der Waals surface area contributed by atoms with Crippen LogP contribution in [-0.4, -0.2) is 17.1 Å². The molecule has 4 heteroatoms. The van der Waals surface area contributed by atoms with E-state index in [0.29, 0.717) is 6.04 Å². The largest absolute Gasteiger partial charge is 0.367 e. The van der Waals surface area contributed by atoms with Crippen LogP contribution in [0.4, 0.5) is 5.82 Å². The Labute approximate surface area is 104 Å². The SMILES string of the molecule is Brc1cnc(NC2CC2)c(CNC2CC2)c1. The van der Waals surface area contributed by atoms with Crippen LogP contribution in [0, 0.1) is 0 Å². The maximum atomic E-state index is 4.46. The molecule has 0 radical (unpaired) electrons. The highest BCUT2D eigenvalue weighted by Gasteiger charge is 2.24. The fourth-order valence-electron chi connectivity index (χ4n) is 1.71. The summed E-state index contributed by atoms with van der Waals surface area (Å²) in [5, 5.41) is 7.02. The van der Waals surface area contributed by atoms with Crippen LogP contribution >= 0.6 is 15.9 Å². The van der Waals surface area contributed by atoms with E-state index in [1.807, 2.05) is 6.20 Å². The third-order valence-corrected chi connectivity index (χ3v) is 3.44. The summed E-state index contributed by atoms with van der Waals surface area (Å²) < 4.78 is 1.06. The normalized spacial score (nSPS) is 19.8. The third kappa shape index (κ3) is 2.74. The van der Waals surface area contributed by atoms with Gasteiger partial charge in [0.15, 0.2) is 0 Å². The number of anilines is 1. The van der Waals surface area contributed by atoms with Crippen molar-refractivity contribution in [3.05, 3.63) is 22.3 Å². The number of rotatable bonds is 5. The van der Waals surface area contributed by atoms with Crippen molar-refractivity contribution in [1.29, 1.82) is 0 Å². The van der Waals surface area contributed by atoms with Crippen molar-refractivity contribution in [3.63, 3.8) is 0 Å². The number of hydrogen-bond acceptors (Lipinski definition) is 3. The molecule has 1 heterocycles. The van der Waals surface area contributed by atoms with Gasteiger partial charge in [-0.1, -0.05) is 0 Å². The molecular formula is C12H16BrN3. The van der Waals surface area contributed by atoms with Gasteiger partial charge in [-0.25, -0.2) is 4.98 Å². The first-order chi connectivity index (χ1) is 7.81. The highest BCUT2D eigenvalue weighted by molar-refractivity contribution is 9.10. The second-order valence-corrected chi connectivity index (χ2v) is 5.65. The van der Waals surface area contributed by atoms with Crippen molar-refractivity contribution in [2.24, 2.45) is 0 Å². The molecule has 3 nitrogen and oxygen atoms in total. The molecule has 16 heavy (non-hydrogen) atoms. The van der Waals surface area contributed by atoms with Crippen LogP contribution in [0.1, 0.15) is 31.2 Å². The van der Waals surface area contributed by atoms with Crippen molar-refractivity contribution < 1.29 is 0 Å². The molecule has 1 aromatic heterocycles. The second-order valence-electron chi connectivity index (χ2n) is 4.74. The van der Waals surface area contributed by atoms with Crippen molar-refractivity contribution in [1.82, 2.24) is 10.3 Å². The molecule has 0 saturated heterocycles. The summed E-state index contributed by atoms with van der Waals surface area (Å²) in [6.45, 7) is 0.923. The average Bonchev–Trinajstić information content (AvgIpc) is 3.13. The lowest BCUT2D eigenvalue weighted by molar-refractivity contribution is 0.686. The summed E-state index contributed by atoms with van der Waals surface area (Å²) in [5.41, 5.74) is 1.27. The zero-order valence-corrected chi connectivity index (χ0v) is 10.8. The topological polar surface area (TPSA) is 37.0 Å². The van der Waals surface area contributed by atoms with Gasteiger partial charge in [-0.3, -0.25) is 0 Å². The molecule has 2 aliphatic carbocycles. The van der Waals surface area contributed by atoms with Gasteiger partial charge in [0, 0.05) is 34.9 Å². The van der Waals surface area contributed by atoms with E-state index < -0.39 is 0 Å². The van der Waals surface area contributed by atoms with Crippen LogP contribution in [-0.2, 0) is 6.54 Å². The van der Waals surface area contributed by atoms with E-state index in [1.165, 1.54) is 31.2 Å². The number of aromatic nitrogens is 1. The highest BCUT2D eigenvalue weighted by Crippen LogP contribution is 2.27. The van der Waals surface area contributed by atoms with E-state index in [0.717, 1.165) is 22.9 Å². The van der Waals surface area contributed by atoms with Gasteiger partial charge in [0.2, 0.25) is 0 Å². The van der Waals surface area contributed by atoms with Crippen LogP contribution < -0.4 is 10.6 Å². The lowest BCUT2D eigenvalue weighted by Gasteiger charge is -2.11. The molecular weight excluding hydrogens is 266 g/mol. The first-order valence-corrected chi connectivity index (χ1v) is 6.75. The fraction of sp³-hybridized carbons (Fsp3) is 0.583. The number of nitrogens with zero attached hydrogens (tertiary/aromatic N) is 1. The van der Waals surface area contributed by atoms with E-state index in [9.17, 15) is 0 Å². The van der Waals surface area contributed by atoms with Gasteiger partial charge in [0.25, 0.3) is 0 Å². The molecule has 1 aromatic rings. The monoisotopic (exact) mass is 281 g/mol. The van der Waals surface area contributed by atoms with Crippen LogP contribution in [0.3, 0.4) is 0 Å². The molecule has 0 unspecified atom stereocenters. The Morgan fingerprint density at radius 3 is 2.69 bits per heavy atom. The fourth-order valence-corrected chi connectivity index (χ4v) is 2.09. The first kappa shape index (κ1) is 10.5. The number of hydrogen-bond donors (Lipinski definition) is 2. The summed E-state index contributed by atoms with van der Waals surface area (Å²) in [6.07, 6.45) is 7.09. The minimum absolute atomic E-state index is 0.661. The third-order valence-electron chi connectivity index (χ3n) is 3.01. The molecule has 0 spiro atoms. The predicted octanol–water partition coefficient (Wildman–Crippen LogP) is 2.67. The summed E-state index contributed by atoms with van der Waals surface area (Å²) in [7, 11) is 0. The Kier molecular flexibility index (Phi) is 2.86. The van der Waals surface area contributed by atoms with Gasteiger partial charge in [-0.15, -0.1) is 0 Å². The minimum atomic E-state index is 0.661. The Hall–Kier alpha value is -0.610. The van der Waals surface area contributed by atoms with Gasteiger partial charge < -0.3 is 10.6 Å². The van der Waals surface area contributed by atoms with Gasteiger partial charge >= 0.3 is 0 Å². The van der Waals surface area contributed by atoms with Gasteiger partial charge in [0.05, 0.1) is 0 Å². The maximum Gasteiger partial charge on any atom is 0.130 e. The second kappa shape index (κ2) is 4.34. The molecule has 0 amide bonds. The van der Waals surface area contributed by atoms with Crippen molar-refractivity contribution in [2.75, 3.05) is 5.32 Å². The Morgan fingerprint density at radius 1 is 1.25 bits per heavy atom. The van der Waals surface area contributed by atoms with Gasteiger partial charge in [-0.05, 0) is 47.7 Å². The van der Waals surface area contributed by atoms with Crippen molar-refractivity contribution >= 4 is 21.7 Å². The van der Waals surface area contributed by atoms with Crippen LogP contribution in [0.25, 0.3) is 0 Å². The zero-order valence-electron chi connectivity index (χ0n) is 9.17. The van der Waals surface area contributed by atoms with E-state index in [-0.39, 0.29) is 0 Å². The van der Waals surface area contributed by atoms with E-state index in [2.05, 4.69) is 37.6 Å². The van der Waals surface area contributed by atoms with Crippen molar-refractivity contribution in [2.45, 2.75) is 44.3 Å². The lowest BCUT2D eigenvalue weighted by atomic mass is 10.2. The summed E-state index contributed by atoms with van der Waals surface area (Å²) in [5.74, 6) is 1.05. The van der Waals surface area contributed by atoms with Crippen LogP contribution in [0.15, 0.2) is 16.7 Å². The quantitative estimate of drug-likeness (QED) is 0.871. The average molecular weight is 282 g/mol. The molecule has 2 aliphatic rings. The minimum Gasteiger partial charge on any atom is -0.367 e. The molecule has 86 valence electrons. The van der Waals surface area contributed by atoms with E-state index >= 15 is 0 Å². The number of halogens is 1. The van der Waals surface area contributed by atoms with E-state index in [4.69, 9.17) is 0 Å².